The minimum Gasteiger partial charge on any atom is -0.462 e. The third kappa shape index (κ3) is 10.1. The van der Waals surface area contributed by atoms with Gasteiger partial charge in [-0.25, -0.2) is 0 Å². The number of carbonyl (C=O) groups excluding carboxylic acids is 1. The molecule has 34 heteroatoms. The third-order valence-corrected chi connectivity index (χ3v) is 11.8. The second-order valence-corrected chi connectivity index (χ2v) is 15.5. The zero-order chi connectivity index (χ0) is 51.8. The number of hydrogen-bond acceptors (Lipinski definition) is 7. The Balaban J connectivity index is 2.73. The van der Waals surface area contributed by atoms with E-state index in [1.807, 2.05) is 0 Å². The summed E-state index contributed by atoms with van der Waals surface area (Å²) in [5.41, 5.74) is -29.8. The van der Waals surface area contributed by atoms with Crippen molar-refractivity contribution in [3.63, 3.8) is 0 Å². The average Bonchev–Trinajstić information content (AvgIpc) is 3.07. The molecule has 5 atom stereocenters. The zero-order valence-electron chi connectivity index (χ0n) is 31.5. The van der Waals surface area contributed by atoms with E-state index in [1.54, 1.807) is 0 Å². The lowest BCUT2D eigenvalue weighted by Crippen LogP contribution is -2.67. The van der Waals surface area contributed by atoms with Crippen LogP contribution in [-0.2, 0) is 14.3 Å². The molecule has 0 aromatic rings. The first-order chi connectivity index (χ1) is 28.3. The smallest absolute Gasteiger partial charge is 0.426 e. The van der Waals surface area contributed by atoms with Crippen LogP contribution in [0.1, 0.15) is 58.3 Å². The summed E-state index contributed by atoms with van der Waals surface area (Å²) in [6.07, 6.45) is -88.0. The monoisotopic (exact) mass is 1030 g/mol. The molecule has 65 heavy (non-hydrogen) atoms. The van der Waals surface area contributed by atoms with Gasteiger partial charge < -0.3 is 29.9 Å². The summed E-state index contributed by atoms with van der Waals surface area (Å²) in [6.45, 7) is -1.84. The minimum atomic E-state index is -7.11. The highest BCUT2D eigenvalue weighted by atomic mass is 19.5. The third-order valence-electron chi connectivity index (χ3n) is 11.8. The largest absolute Gasteiger partial charge is 0.462 e. The van der Waals surface area contributed by atoms with Crippen molar-refractivity contribution in [2.24, 2.45) is 29.1 Å². The van der Waals surface area contributed by atoms with Gasteiger partial charge in [0.25, 0.3) is 22.4 Å². The van der Waals surface area contributed by atoms with Crippen LogP contribution in [-0.4, -0.2) is 123 Å². The molecule has 0 aromatic carbocycles. The van der Waals surface area contributed by atoms with E-state index < -0.39 is 183 Å². The topological polar surface area (TPSA) is 116 Å². The summed E-state index contributed by atoms with van der Waals surface area (Å²) in [5.74, 6) is -19.1. The summed E-state index contributed by atoms with van der Waals surface area (Å²) in [4.78, 5) is 13.2. The molecular formula is C31H31F27O7. The maximum absolute atomic E-state index is 14.7. The Morgan fingerprint density at radius 1 is 0.400 bits per heavy atom. The van der Waals surface area contributed by atoms with E-state index in [-0.39, 0.29) is 6.92 Å². The molecule has 0 bridgehead atoms. The Labute approximate surface area is 344 Å². The Kier molecular flexibility index (Phi) is 15.7. The first-order valence-electron chi connectivity index (χ1n) is 17.6. The summed E-state index contributed by atoms with van der Waals surface area (Å²) < 4.78 is 383. The summed E-state index contributed by atoms with van der Waals surface area (Å²) in [7, 11) is 0. The number of hydrogen-bond donors (Lipinski definition) is 4. The standard InChI is InChI=1S/C31H31F27O7/c1-2-18(23(32,33)34,3-4-64-15-7-11(19(60,24(35,36)37)25(38,39)40)5-12(8-15)20(61,26(41,42)43)27(44,45)46)17(59)65-16-9-13(21(62,28(47,48)49)29(50,51)52)6-14(10-16)22(63,30(53,54)55)31(56,57)58/h11-16,60-63H,2-10H2,1H3. The predicted octanol–water partition coefficient (Wildman–Crippen LogP) is 9.89. The molecular weight excluding hydrogens is 997 g/mol. The number of esters is 1. The van der Waals surface area contributed by atoms with Crippen molar-refractivity contribution in [2.75, 3.05) is 6.61 Å². The van der Waals surface area contributed by atoms with Crippen LogP contribution >= 0.6 is 0 Å². The van der Waals surface area contributed by atoms with E-state index >= 15 is 0 Å². The van der Waals surface area contributed by atoms with Crippen molar-refractivity contribution in [3.05, 3.63) is 0 Å². The molecule has 2 rings (SSSR count). The lowest BCUT2D eigenvalue weighted by molar-refractivity contribution is -0.407. The highest BCUT2D eigenvalue weighted by Gasteiger charge is 2.80. The molecule has 7 nitrogen and oxygen atoms in total. The van der Waals surface area contributed by atoms with Gasteiger partial charge in [-0.2, -0.15) is 119 Å². The van der Waals surface area contributed by atoms with Crippen molar-refractivity contribution >= 4 is 5.97 Å². The number of halogens is 27. The lowest BCUT2D eigenvalue weighted by atomic mass is 9.65. The quantitative estimate of drug-likeness (QED) is 0.120. The van der Waals surface area contributed by atoms with Gasteiger partial charge in [0, 0.05) is 30.3 Å². The Hall–Kier alpha value is -2.62. The Morgan fingerprint density at radius 3 is 0.831 bits per heavy atom. The van der Waals surface area contributed by atoms with Crippen molar-refractivity contribution in [2.45, 2.75) is 148 Å². The van der Waals surface area contributed by atoms with Crippen molar-refractivity contribution in [1.82, 2.24) is 0 Å². The summed E-state index contributed by atoms with van der Waals surface area (Å²) >= 11 is 0. The van der Waals surface area contributed by atoms with Crippen LogP contribution in [0.5, 0.6) is 0 Å². The predicted molar refractivity (Wildman–Crippen MR) is 153 cm³/mol. The van der Waals surface area contributed by atoms with Crippen LogP contribution in [0.2, 0.25) is 0 Å². The molecule has 0 amide bonds. The highest BCUT2D eigenvalue weighted by Crippen LogP contribution is 2.60. The SMILES string of the molecule is CCC(CCOC1CC(C(O)(C(F)(F)F)C(F)(F)F)CC(C(O)(C(F)(F)F)C(F)(F)F)C1)(C(=O)OC1CC(C(O)(C(F)(F)F)C(F)(F)F)CC(C(O)(C(F)(F)F)C(F)(F)F)C1)C(F)(F)F. The van der Waals surface area contributed by atoms with Gasteiger partial charge in [0.1, 0.15) is 6.10 Å². The molecule has 4 N–H and O–H groups in total. The molecule has 0 saturated heterocycles. The Morgan fingerprint density at radius 2 is 0.631 bits per heavy atom. The molecule has 0 radical (unpaired) electrons. The van der Waals surface area contributed by atoms with Crippen LogP contribution in [0.4, 0.5) is 119 Å². The molecule has 0 heterocycles. The Bertz CT molecular complexity index is 1490. The van der Waals surface area contributed by atoms with E-state index in [1.165, 1.54) is 0 Å². The summed E-state index contributed by atoms with van der Waals surface area (Å²) in [5, 5.41) is 39.3. The van der Waals surface area contributed by atoms with Crippen LogP contribution in [0.25, 0.3) is 0 Å². The number of carbonyl (C=O) groups is 1. The summed E-state index contributed by atoms with van der Waals surface area (Å²) in [6, 6.07) is 0. The molecule has 5 unspecified atom stereocenters. The van der Waals surface area contributed by atoms with E-state index in [0.29, 0.717) is 0 Å². The van der Waals surface area contributed by atoms with Gasteiger partial charge in [-0.1, -0.05) is 6.92 Å². The molecule has 2 aliphatic carbocycles. The van der Waals surface area contributed by atoms with E-state index in [9.17, 15) is 144 Å². The molecule has 2 saturated carbocycles. The fraction of sp³-hybridized carbons (Fsp3) is 0.968. The lowest BCUT2D eigenvalue weighted by Gasteiger charge is -2.49. The van der Waals surface area contributed by atoms with Crippen LogP contribution in [0.3, 0.4) is 0 Å². The van der Waals surface area contributed by atoms with E-state index in [4.69, 9.17) is 0 Å². The first-order valence-corrected chi connectivity index (χ1v) is 17.6. The van der Waals surface area contributed by atoms with Gasteiger partial charge in [0.15, 0.2) is 5.41 Å². The number of rotatable bonds is 11. The molecule has 0 aromatic heterocycles. The van der Waals surface area contributed by atoms with Crippen molar-refractivity contribution < 1.29 is 153 Å². The fourth-order valence-corrected chi connectivity index (χ4v) is 8.17. The van der Waals surface area contributed by atoms with E-state index in [2.05, 4.69) is 9.47 Å². The van der Waals surface area contributed by atoms with Gasteiger partial charge in [-0.15, -0.1) is 0 Å². The maximum Gasteiger partial charge on any atom is 0.426 e. The van der Waals surface area contributed by atoms with Crippen LogP contribution in [0.15, 0.2) is 0 Å². The molecule has 2 fully saturated rings. The van der Waals surface area contributed by atoms with Crippen LogP contribution < -0.4 is 0 Å². The number of alkyl halides is 27. The van der Waals surface area contributed by atoms with Gasteiger partial charge in [-0.3, -0.25) is 4.79 Å². The van der Waals surface area contributed by atoms with Crippen molar-refractivity contribution in [3.8, 4) is 0 Å². The fourth-order valence-electron chi connectivity index (χ4n) is 8.17. The highest BCUT2D eigenvalue weighted by molar-refractivity contribution is 5.78. The van der Waals surface area contributed by atoms with E-state index in [0.717, 1.165) is 0 Å². The van der Waals surface area contributed by atoms with Gasteiger partial charge in [0.05, 0.1) is 6.10 Å². The second-order valence-electron chi connectivity index (χ2n) is 15.5. The normalized spacial score (nSPS) is 25.9. The zero-order valence-corrected chi connectivity index (χ0v) is 31.5. The minimum absolute atomic E-state index is 0.269. The van der Waals surface area contributed by atoms with Crippen LogP contribution in [0, 0.1) is 29.1 Å². The molecule has 0 aliphatic heterocycles. The van der Waals surface area contributed by atoms with Gasteiger partial charge >= 0.3 is 61.6 Å². The number of aliphatic hydroxyl groups is 4. The average molecular weight is 1030 g/mol. The van der Waals surface area contributed by atoms with Gasteiger partial charge in [0.2, 0.25) is 0 Å². The maximum atomic E-state index is 14.7. The second kappa shape index (κ2) is 17.4. The molecule has 0 spiro atoms. The van der Waals surface area contributed by atoms with Crippen molar-refractivity contribution in [1.29, 1.82) is 0 Å². The number of ether oxygens (including phenoxy) is 2. The molecule has 386 valence electrons. The van der Waals surface area contributed by atoms with Gasteiger partial charge in [-0.05, 0) is 51.4 Å². The molecule has 2 aliphatic rings. The first kappa shape index (κ1) is 58.5.